The highest BCUT2D eigenvalue weighted by Crippen LogP contribution is 2.16. The van der Waals surface area contributed by atoms with Crippen LogP contribution in [0.3, 0.4) is 0 Å². The van der Waals surface area contributed by atoms with Crippen LogP contribution in [0.2, 0.25) is 0 Å². The van der Waals surface area contributed by atoms with Crippen molar-refractivity contribution in [2.24, 2.45) is 0 Å². The number of nitrogens with one attached hydrogen (secondary N) is 1. The number of benzene rings is 1. The predicted molar refractivity (Wildman–Crippen MR) is 60.1 cm³/mol. The largest absolute Gasteiger partial charge is 0.492 e. The fourth-order valence-electron chi connectivity index (χ4n) is 1.66. The van der Waals surface area contributed by atoms with Gasteiger partial charge in [0.05, 0.1) is 0 Å². The number of halogens is 3. The summed E-state index contributed by atoms with van der Waals surface area (Å²) in [7, 11) is 0. The van der Waals surface area contributed by atoms with Gasteiger partial charge in [-0.3, -0.25) is 0 Å². The van der Waals surface area contributed by atoms with E-state index >= 15 is 0 Å². The lowest BCUT2D eigenvalue weighted by molar-refractivity contribution is 0.275. The molecule has 0 bridgehead atoms. The van der Waals surface area contributed by atoms with Crippen molar-refractivity contribution < 1.29 is 13.5 Å². The normalized spacial score (nSPS) is 19.2. The zero-order valence-corrected chi connectivity index (χ0v) is 9.53. The molecule has 1 aromatic carbocycles. The summed E-state index contributed by atoms with van der Waals surface area (Å²) < 4.78 is 30.8. The minimum atomic E-state index is -0.869. The number of hydrogen-bond donors (Lipinski definition) is 1. The van der Waals surface area contributed by atoms with Crippen LogP contribution in [-0.2, 0) is 0 Å². The number of rotatable bonds is 3. The maximum Gasteiger partial charge on any atom is 0.162 e. The van der Waals surface area contributed by atoms with Crippen LogP contribution in [-0.4, -0.2) is 19.2 Å². The monoisotopic (exact) mass is 249 g/mol. The molecule has 2 rings (SSSR count). The third-order valence-corrected chi connectivity index (χ3v) is 2.50. The van der Waals surface area contributed by atoms with Gasteiger partial charge in [-0.05, 0) is 31.5 Å². The highest BCUT2D eigenvalue weighted by Gasteiger charge is 2.14. The molecule has 0 radical (unpaired) electrons. The average Bonchev–Trinajstić information content (AvgIpc) is 2.73. The van der Waals surface area contributed by atoms with E-state index in [1.54, 1.807) is 0 Å². The van der Waals surface area contributed by atoms with Crippen LogP contribution in [0.5, 0.6) is 5.75 Å². The number of ether oxygens (including phenoxy) is 1. The van der Waals surface area contributed by atoms with Gasteiger partial charge in [0.2, 0.25) is 0 Å². The summed E-state index contributed by atoms with van der Waals surface area (Å²) in [6, 6.07) is 3.92. The van der Waals surface area contributed by atoms with E-state index < -0.39 is 11.6 Å². The molecule has 1 aliphatic heterocycles. The molecule has 0 aliphatic carbocycles. The summed E-state index contributed by atoms with van der Waals surface area (Å²) in [6.07, 6.45) is 2.22. The van der Waals surface area contributed by atoms with Crippen molar-refractivity contribution in [1.82, 2.24) is 5.32 Å². The molecule has 0 aromatic heterocycles. The van der Waals surface area contributed by atoms with Gasteiger partial charge in [-0.1, -0.05) is 0 Å². The van der Waals surface area contributed by atoms with Crippen molar-refractivity contribution in [3.8, 4) is 5.75 Å². The van der Waals surface area contributed by atoms with E-state index in [1.165, 1.54) is 6.07 Å². The molecule has 1 unspecified atom stereocenters. The second-order valence-electron chi connectivity index (χ2n) is 3.68. The fraction of sp³-hybridized carbons (Fsp3) is 0.455. The van der Waals surface area contributed by atoms with Gasteiger partial charge >= 0.3 is 0 Å². The van der Waals surface area contributed by atoms with Crippen molar-refractivity contribution in [3.63, 3.8) is 0 Å². The lowest BCUT2D eigenvalue weighted by Crippen LogP contribution is -2.28. The summed E-state index contributed by atoms with van der Waals surface area (Å²) in [5.41, 5.74) is 0. The summed E-state index contributed by atoms with van der Waals surface area (Å²) in [4.78, 5) is 0. The Morgan fingerprint density at radius 3 is 2.75 bits per heavy atom. The topological polar surface area (TPSA) is 21.3 Å². The van der Waals surface area contributed by atoms with Crippen molar-refractivity contribution >= 4 is 12.4 Å². The van der Waals surface area contributed by atoms with E-state index in [4.69, 9.17) is 4.74 Å². The standard InChI is InChI=1S/C11H13F2NO.ClH/c12-10-4-3-9(6-11(10)13)15-7-8-2-1-5-14-8;/h3-4,6,8,14H,1-2,5,7H2;1H. The molecule has 90 valence electrons. The highest BCUT2D eigenvalue weighted by atomic mass is 35.5. The summed E-state index contributed by atoms with van der Waals surface area (Å²) in [6.45, 7) is 1.51. The SMILES string of the molecule is Cl.Fc1ccc(OCC2CCCN2)cc1F. The molecule has 1 atom stereocenters. The Hall–Kier alpha value is -0.870. The molecular formula is C11H14ClF2NO. The van der Waals surface area contributed by atoms with Crippen molar-refractivity contribution in [2.75, 3.05) is 13.2 Å². The third kappa shape index (κ3) is 3.32. The van der Waals surface area contributed by atoms with E-state index in [0.29, 0.717) is 18.4 Å². The van der Waals surface area contributed by atoms with Gasteiger partial charge in [-0.15, -0.1) is 12.4 Å². The van der Waals surface area contributed by atoms with Crippen LogP contribution in [0.25, 0.3) is 0 Å². The molecule has 1 aliphatic rings. The van der Waals surface area contributed by atoms with E-state index in [0.717, 1.165) is 31.5 Å². The first-order valence-electron chi connectivity index (χ1n) is 5.07. The van der Waals surface area contributed by atoms with E-state index in [2.05, 4.69) is 5.32 Å². The molecule has 16 heavy (non-hydrogen) atoms. The third-order valence-electron chi connectivity index (χ3n) is 2.50. The van der Waals surface area contributed by atoms with Crippen LogP contribution in [0.4, 0.5) is 8.78 Å². The molecule has 1 fully saturated rings. The highest BCUT2D eigenvalue weighted by molar-refractivity contribution is 5.85. The Morgan fingerprint density at radius 1 is 1.31 bits per heavy atom. The molecular weight excluding hydrogens is 236 g/mol. The fourth-order valence-corrected chi connectivity index (χ4v) is 1.66. The lowest BCUT2D eigenvalue weighted by atomic mass is 10.2. The Morgan fingerprint density at radius 2 is 2.12 bits per heavy atom. The predicted octanol–water partition coefficient (Wildman–Crippen LogP) is 2.52. The molecule has 1 heterocycles. The van der Waals surface area contributed by atoms with Crippen molar-refractivity contribution in [1.29, 1.82) is 0 Å². The van der Waals surface area contributed by atoms with Gasteiger partial charge in [0.1, 0.15) is 12.4 Å². The second kappa shape index (κ2) is 6.01. The van der Waals surface area contributed by atoms with Gasteiger partial charge in [-0.2, -0.15) is 0 Å². The van der Waals surface area contributed by atoms with Gasteiger partial charge in [0.25, 0.3) is 0 Å². The first-order chi connectivity index (χ1) is 7.25. The van der Waals surface area contributed by atoms with Crippen LogP contribution in [0.15, 0.2) is 18.2 Å². The summed E-state index contributed by atoms with van der Waals surface area (Å²) in [5, 5.41) is 3.26. The van der Waals surface area contributed by atoms with Crippen LogP contribution in [0, 0.1) is 11.6 Å². The molecule has 2 nitrogen and oxygen atoms in total. The van der Waals surface area contributed by atoms with E-state index in [-0.39, 0.29) is 12.4 Å². The van der Waals surface area contributed by atoms with Crippen LogP contribution >= 0.6 is 12.4 Å². The molecule has 1 saturated heterocycles. The van der Waals surface area contributed by atoms with Crippen LogP contribution < -0.4 is 10.1 Å². The number of hydrogen-bond acceptors (Lipinski definition) is 2. The minimum Gasteiger partial charge on any atom is -0.492 e. The first kappa shape index (κ1) is 13.2. The Labute approximate surface area is 99.4 Å². The van der Waals surface area contributed by atoms with Gasteiger partial charge in [-0.25, -0.2) is 8.78 Å². The molecule has 5 heteroatoms. The van der Waals surface area contributed by atoms with E-state index in [9.17, 15) is 8.78 Å². The van der Waals surface area contributed by atoms with Crippen molar-refractivity contribution in [3.05, 3.63) is 29.8 Å². The quantitative estimate of drug-likeness (QED) is 0.889. The zero-order chi connectivity index (χ0) is 10.7. The Balaban J connectivity index is 0.00000128. The molecule has 0 saturated carbocycles. The van der Waals surface area contributed by atoms with E-state index in [1.807, 2.05) is 0 Å². The van der Waals surface area contributed by atoms with Gasteiger partial charge in [0.15, 0.2) is 11.6 Å². The smallest absolute Gasteiger partial charge is 0.162 e. The zero-order valence-electron chi connectivity index (χ0n) is 8.71. The minimum absolute atomic E-state index is 0. The van der Waals surface area contributed by atoms with Gasteiger partial charge in [0, 0.05) is 12.1 Å². The average molecular weight is 250 g/mol. The Bertz CT molecular complexity index is 343. The first-order valence-corrected chi connectivity index (χ1v) is 5.07. The lowest BCUT2D eigenvalue weighted by Gasteiger charge is -2.11. The van der Waals surface area contributed by atoms with Crippen LogP contribution in [0.1, 0.15) is 12.8 Å². The molecule has 1 aromatic rings. The van der Waals surface area contributed by atoms with Crippen molar-refractivity contribution in [2.45, 2.75) is 18.9 Å². The maximum absolute atomic E-state index is 12.8. The Kier molecular flexibility index (Phi) is 4.96. The summed E-state index contributed by atoms with van der Waals surface area (Å²) in [5.74, 6) is -1.34. The van der Waals surface area contributed by atoms with Gasteiger partial charge < -0.3 is 10.1 Å². The summed E-state index contributed by atoms with van der Waals surface area (Å²) >= 11 is 0. The molecule has 0 spiro atoms. The maximum atomic E-state index is 12.8. The molecule has 1 N–H and O–H groups in total. The molecule has 0 amide bonds. The second-order valence-corrected chi connectivity index (χ2v) is 3.68.